The monoisotopic (exact) mass is 397 g/mol. The molecule has 1 aliphatic rings. The summed E-state index contributed by atoms with van der Waals surface area (Å²) in [6.07, 6.45) is 5.39. The lowest BCUT2D eigenvalue weighted by atomic mass is 9.84. The van der Waals surface area contributed by atoms with Crippen molar-refractivity contribution in [1.82, 2.24) is 4.98 Å². The van der Waals surface area contributed by atoms with Gasteiger partial charge in [-0.2, -0.15) is 0 Å². The lowest BCUT2D eigenvalue weighted by Gasteiger charge is -2.28. The molecule has 0 amide bonds. The molecule has 2 aromatic heterocycles. The predicted molar refractivity (Wildman–Crippen MR) is 104 cm³/mol. The van der Waals surface area contributed by atoms with Gasteiger partial charge in [0, 0.05) is 22.2 Å². The van der Waals surface area contributed by atoms with Crippen LogP contribution in [0.15, 0.2) is 58.2 Å². The van der Waals surface area contributed by atoms with E-state index in [1.54, 1.807) is 31.1 Å². The highest BCUT2D eigenvalue weighted by Gasteiger charge is 2.47. The Bertz CT molecular complexity index is 1000. The standard InChI is InChI=1S/C21H19NO5S/c1-13-20(26-12-19(23)24)16-11-27-21(17(16)10-22-13,18-4-3-9-25-18)14-5-7-15(28-2)8-6-14/h3-10H,11-12H2,1-2H3,(H,23,24). The van der Waals surface area contributed by atoms with Crippen LogP contribution >= 0.6 is 11.8 Å². The molecule has 1 atom stereocenters. The maximum Gasteiger partial charge on any atom is 0.341 e. The van der Waals surface area contributed by atoms with Crippen LogP contribution < -0.4 is 4.74 Å². The molecular formula is C21H19NO5S. The minimum atomic E-state index is -1.04. The number of nitrogens with zero attached hydrogens (tertiary/aromatic N) is 1. The molecule has 0 saturated carbocycles. The number of aliphatic carboxylic acids is 1. The predicted octanol–water partition coefficient (Wildman–Crippen LogP) is 3.99. The Kier molecular flexibility index (Phi) is 4.87. The van der Waals surface area contributed by atoms with E-state index >= 15 is 0 Å². The summed E-state index contributed by atoms with van der Waals surface area (Å²) in [5.41, 5.74) is 2.16. The number of hydrogen-bond acceptors (Lipinski definition) is 6. The molecule has 0 saturated heterocycles. The van der Waals surface area contributed by atoms with E-state index in [1.165, 1.54) is 0 Å². The van der Waals surface area contributed by atoms with Crippen molar-refractivity contribution < 1.29 is 23.8 Å². The highest BCUT2D eigenvalue weighted by molar-refractivity contribution is 7.98. The van der Waals surface area contributed by atoms with E-state index in [0.717, 1.165) is 21.6 Å². The number of hydrogen-bond donors (Lipinski definition) is 1. The number of furan rings is 1. The van der Waals surface area contributed by atoms with Crippen LogP contribution in [0.2, 0.25) is 0 Å². The number of thioether (sulfide) groups is 1. The number of ether oxygens (including phenoxy) is 2. The van der Waals surface area contributed by atoms with Crippen LogP contribution in [-0.2, 0) is 21.7 Å². The van der Waals surface area contributed by atoms with Crippen molar-refractivity contribution in [3.05, 3.63) is 77.0 Å². The molecule has 144 valence electrons. The fraction of sp³-hybridized carbons (Fsp3) is 0.238. The summed E-state index contributed by atoms with van der Waals surface area (Å²) in [4.78, 5) is 16.6. The van der Waals surface area contributed by atoms with Crippen molar-refractivity contribution >= 4 is 17.7 Å². The van der Waals surface area contributed by atoms with Gasteiger partial charge in [0.1, 0.15) is 11.5 Å². The summed E-state index contributed by atoms with van der Waals surface area (Å²) in [6.45, 7) is 1.62. The van der Waals surface area contributed by atoms with Gasteiger partial charge in [-0.3, -0.25) is 4.98 Å². The molecule has 1 aliphatic heterocycles. The Labute approximate surface area is 166 Å². The van der Waals surface area contributed by atoms with Crippen LogP contribution in [0.4, 0.5) is 0 Å². The normalized spacial score (nSPS) is 18.1. The maximum absolute atomic E-state index is 11.0. The molecule has 0 radical (unpaired) electrons. The number of carbonyl (C=O) groups is 1. The van der Waals surface area contributed by atoms with Gasteiger partial charge in [0.05, 0.1) is 18.6 Å². The Morgan fingerprint density at radius 3 is 2.75 bits per heavy atom. The number of rotatable bonds is 6. The van der Waals surface area contributed by atoms with Crippen molar-refractivity contribution in [2.24, 2.45) is 0 Å². The number of fused-ring (bicyclic) bond motifs is 1. The topological polar surface area (TPSA) is 81.8 Å². The molecule has 0 bridgehead atoms. The highest BCUT2D eigenvalue weighted by Crippen LogP contribution is 2.49. The first-order valence-electron chi connectivity index (χ1n) is 8.72. The second kappa shape index (κ2) is 7.33. The second-order valence-electron chi connectivity index (χ2n) is 6.42. The number of pyridine rings is 1. The van der Waals surface area contributed by atoms with Gasteiger partial charge in [-0.1, -0.05) is 12.1 Å². The van der Waals surface area contributed by atoms with E-state index in [-0.39, 0.29) is 6.61 Å². The van der Waals surface area contributed by atoms with E-state index < -0.39 is 18.2 Å². The first-order chi connectivity index (χ1) is 13.6. The largest absolute Gasteiger partial charge is 0.480 e. The Morgan fingerprint density at radius 1 is 1.32 bits per heavy atom. The fourth-order valence-electron chi connectivity index (χ4n) is 3.56. The third kappa shape index (κ3) is 2.96. The molecular weight excluding hydrogens is 378 g/mol. The van der Waals surface area contributed by atoms with Gasteiger partial charge < -0.3 is 19.0 Å². The van der Waals surface area contributed by atoms with Gasteiger partial charge in [0.2, 0.25) is 0 Å². The molecule has 0 fully saturated rings. The van der Waals surface area contributed by atoms with Gasteiger partial charge in [-0.05, 0) is 43.0 Å². The first-order valence-corrected chi connectivity index (χ1v) is 9.94. The summed E-state index contributed by atoms with van der Waals surface area (Å²) in [7, 11) is 0. The fourth-order valence-corrected chi connectivity index (χ4v) is 3.97. The molecule has 7 heteroatoms. The number of carboxylic acid groups (broad SMARTS) is 1. The zero-order valence-corrected chi connectivity index (χ0v) is 16.3. The van der Waals surface area contributed by atoms with Crippen LogP contribution in [-0.4, -0.2) is 28.9 Å². The average molecular weight is 397 g/mol. The molecule has 6 nitrogen and oxygen atoms in total. The molecule has 3 aromatic rings. The number of aromatic nitrogens is 1. The molecule has 1 aromatic carbocycles. The summed E-state index contributed by atoms with van der Waals surface area (Å²) < 4.78 is 17.7. The summed E-state index contributed by atoms with van der Waals surface area (Å²) in [5, 5.41) is 9.00. The van der Waals surface area contributed by atoms with E-state index in [0.29, 0.717) is 17.2 Å². The Hall–Kier alpha value is -2.77. The third-order valence-electron chi connectivity index (χ3n) is 4.83. The molecule has 4 rings (SSSR count). The van der Waals surface area contributed by atoms with Crippen LogP contribution in [0.5, 0.6) is 5.75 Å². The van der Waals surface area contributed by atoms with Crippen molar-refractivity contribution in [1.29, 1.82) is 0 Å². The lowest BCUT2D eigenvalue weighted by molar-refractivity contribution is -0.139. The molecule has 1 N–H and O–H groups in total. The van der Waals surface area contributed by atoms with Crippen molar-refractivity contribution in [3.8, 4) is 5.75 Å². The summed E-state index contributed by atoms with van der Waals surface area (Å²) >= 11 is 1.66. The molecule has 1 unspecified atom stereocenters. The molecule has 0 aliphatic carbocycles. The molecule has 3 heterocycles. The zero-order chi connectivity index (χ0) is 19.7. The zero-order valence-electron chi connectivity index (χ0n) is 15.5. The SMILES string of the molecule is CSc1ccc(C2(c3ccco3)OCc3c2cnc(C)c3OCC(=O)O)cc1. The lowest BCUT2D eigenvalue weighted by Crippen LogP contribution is -2.28. The van der Waals surface area contributed by atoms with E-state index in [9.17, 15) is 4.79 Å². The van der Waals surface area contributed by atoms with Crippen molar-refractivity contribution in [3.63, 3.8) is 0 Å². The van der Waals surface area contributed by atoms with E-state index in [2.05, 4.69) is 4.98 Å². The van der Waals surface area contributed by atoms with Gasteiger partial charge in [0.25, 0.3) is 0 Å². The van der Waals surface area contributed by atoms with Crippen LogP contribution in [0, 0.1) is 6.92 Å². The summed E-state index contributed by atoms with van der Waals surface area (Å²) in [6, 6.07) is 11.8. The van der Waals surface area contributed by atoms with Crippen LogP contribution in [0.25, 0.3) is 0 Å². The van der Waals surface area contributed by atoms with Gasteiger partial charge in [-0.15, -0.1) is 11.8 Å². The quantitative estimate of drug-likeness (QED) is 0.630. The molecule has 28 heavy (non-hydrogen) atoms. The smallest absolute Gasteiger partial charge is 0.341 e. The minimum absolute atomic E-state index is 0.263. The minimum Gasteiger partial charge on any atom is -0.480 e. The van der Waals surface area contributed by atoms with Crippen molar-refractivity contribution in [2.75, 3.05) is 12.9 Å². The van der Waals surface area contributed by atoms with Gasteiger partial charge in [-0.25, -0.2) is 4.79 Å². The van der Waals surface area contributed by atoms with E-state index in [1.807, 2.05) is 42.7 Å². The number of benzene rings is 1. The first kappa shape index (κ1) is 18.6. The summed E-state index contributed by atoms with van der Waals surface area (Å²) in [5.74, 6) is 0.0490. The highest BCUT2D eigenvalue weighted by atomic mass is 32.2. The van der Waals surface area contributed by atoms with Crippen molar-refractivity contribution in [2.45, 2.75) is 24.0 Å². The average Bonchev–Trinajstić information content (AvgIpc) is 3.36. The van der Waals surface area contributed by atoms with Gasteiger partial charge in [0.15, 0.2) is 12.2 Å². The van der Waals surface area contributed by atoms with Gasteiger partial charge >= 0.3 is 5.97 Å². The Morgan fingerprint density at radius 2 is 2.11 bits per heavy atom. The van der Waals surface area contributed by atoms with Crippen LogP contribution in [0.3, 0.4) is 0 Å². The third-order valence-corrected chi connectivity index (χ3v) is 5.58. The molecule has 0 spiro atoms. The maximum atomic E-state index is 11.0. The second-order valence-corrected chi connectivity index (χ2v) is 7.30. The van der Waals surface area contributed by atoms with E-state index in [4.69, 9.17) is 19.0 Å². The Balaban J connectivity index is 1.89. The number of carboxylic acids is 1. The number of aryl methyl sites for hydroxylation is 1. The van der Waals surface area contributed by atoms with Crippen LogP contribution in [0.1, 0.15) is 28.1 Å².